The van der Waals surface area contributed by atoms with Crippen LogP contribution >= 0.6 is 24.0 Å². The second kappa shape index (κ2) is 9.11. The number of fused-ring (bicyclic) bond motifs is 5. The van der Waals surface area contributed by atoms with Crippen LogP contribution in [0.1, 0.15) is 25.7 Å². The highest BCUT2D eigenvalue weighted by Crippen LogP contribution is 2.52. The van der Waals surface area contributed by atoms with Gasteiger partial charge in [0.05, 0.1) is 11.8 Å². The summed E-state index contributed by atoms with van der Waals surface area (Å²) in [4.78, 5) is 33.5. The van der Waals surface area contributed by atoms with Gasteiger partial charge >= 0.3 is 0 Å². The highest BCUT2D eigenvalue weighted by molar-refractivity contribution is 14.0. The van der Waals surface area contributed by atoms with Crippen LogP contribution in [0.3, 0.4) is 0 Å². The van der Waals surface area contributed by atoms with Crippen LogP contribution in [0.4, 0.5) is 0 Å². The van der Waals surface area contributed by atoms with Crippen LogP contribution in [0, 0.1) is 23.7 Å². The Hall–Kier alpha value is -1.16. The molecule has 0 aromatic carbocycles. The average Bonchev–Trinajstić information content (AvgIpc) is 3.42. The Labute approximate surface area is 184 Å². The van der Waals surface area contributed by atoms with E-state index in [4.69, 9.17) is 0 Å². The quantitative estimate of drug-likeness (QED) is 0.142. The second-order valence-electron chi connectivity index (χ2n) is 8.34. The van der Waals surface area contributed by atoms with E-state index in [1.54, 1.807) is 7.05 Å². The Bertz CT molecular complexity index is 637. The molecule has 2 saturated heterocycles. The maximum absolute atomic E-state index is 12.7. The number of rotatable bonds is 6. The Kier molecular flexibility index (Phi) is 7.01. The number of carbonyl (C=O) groups excluding carboxylic acids is 2. The number of guanidine groups is 1. The van der Waals surface area contributed by atoms with Crippen molar-refractivity contribution in [2.45, 2.75) is 31.7 Å². The van der Waals surface area contributed by atoms with Crippen LogP contribution in [0.2, 0.25) is 0 Å². The van der Waals surface area contributed by atoms with E-state index in [0.717, 1.165) is 31.9 Å². The number of hydrogen-bond donors (Lipinski definition) is 2. The van der Waals surface area contributed by atoms with Crippen LogP contribution in [0.15, 0.2) is 17.1 Å². The van der Waals surface area contributed by atoms with Crippen LogP contribution in [-0.4, -0.2) is 73.9 Å². The molecular formula is C20H32IN5O2. The number of carbonyl (C=O) groups is 2. The number of nitrogens with zero attached hydrogens (tertiary/aromatic N) is 3. The SMILES string of the molecule is CN=C(NCCCN1C(=O)C2C3C=CC(C3)C2C1=O)NCC1CCCN1C.I. The molecule has 2 heterocycles. The van der Waals surface area contributed by atoms with Crippen molar-refractivity contribution in [3.63, 3.8) is 0 Å². The van der Waals surface area contributed by atoms with Gasteiger partial charge in [0, 0.05) is 32.7 Å². The summed E-state index contributed by atoms with van der Waals surface area (Å²) < 4.78 is 0. The molecule has 1 saturated carbocycles. The van der Waals surface area contributed by atoms with Crippen molar-refractivity contribution in [2.24, 2.45) is 28.7 Å². The number of hydrogen-bond acceptors (Lipinski definition) is 4. The van der Waals surface area contributed by atoms with Crippen molar-refractivity contribution in [1.29, 1.82) is 0 Å². The van der Waals surface area contributed by atoms with Gasteiger partial charge in [0.1, 0.15) is 0 Å². The number of aliphatic imine (C=N–C) groups is 1. The van der Waals surface area contributed by atoms with Gasteiger partial charge in [-0.3, -0.25) is 19.5 Å². The Morgan fingerprint density at radius 1 is 1.18 bits per heavy atom. The zero-order valence-electron chi connectivity index (χ0n) is 16.8. The van der Waals surface area contributed by atoms with Crippen molar-refractivity contribution in [2.75, 3.05) is 40.3 Å². The number of allylic oxidation sites excluding steroid dienone is 2. The number of halogens is 1. The fourth-order valence-electron chi connectivity index (χ4n) is 5.30. The van der Waals surface area contributed by atoms with Crippen molar-refractivity contribution >= 4 is 41.8 Å². The fraction of sp³-hybridized carbons (Fsp3) is 0.750. The Balaban J connectivity index is 0.00000225. The van der Waals surface area contributed by atoms with Crippen molar-refractivity contribution in [1.82, 2.24) is 20.4 Å². The minimum Gasteiger partial charge on any atom is -0.356 e. The van der Waals surface area contributed by atoms with E-state index in [1.807, 2.05) is 0 Å². The summed E-state index contributed by atoms with van der Waals surface area (Å²) in [5.41, 5.74) is 0. The van der Waals surface area contributed by atoms with Crippen LogP contribution < -0.4 is 10.6 Å². The third-order valence-electron chi connectivity index (χ3n) is 6.81. The molecule has 2 aliphatic carbocycles. The van der Waals surface area contributed by atoms with E-state index >= 15 is 0 Å². The average molecular weight is 501 g/mol. The van der Waals surface area contributed by atoms with E-state index in [2.05, 4.69) is 39.7 Å². The summed E-state index contributed by atoms with van der Waals surface area (Å²) in [5, 5.41) is 6.68. The number of imide groups is 1. The number of nitrogens with one attached hydrogen (secondary N) is 2. The van der Waals surface area contributed by atoms with Gasteiger partial charge in [0.15, 0.2) is 5.96 Å². The Morgan fingerprint density at radius 3 is 2.43 bits per heavy atom. The lowest BCUT2D eigenvalue weighted by Crippen LogP contribution is -2.44. The maximum atomic E-state index is 12.7. The van der Waals surface area contributed by atoms with Gasteiger partial charge < -0.3 is 15.5 Å². The molecular weight excluding hydrogens is 469 g/mol. The lowest BCUT2D eigenvalue weighted by molar-refractivity contribution is -0.140. The molecule has 2 bridgehead atoms. The van der Waals surface area contributed by atoms with E-state index in [1.165, 1.54) is 17.7 Å². The molecule has 2 amide bonds. The molecule has 28 heavy (non-hydrogen) atoms. The third kappa shape index (κ3) is 3.94. The van der Waals surface area contributed by atoms with E-state index in [-0.39, 0.29) is 59.5 Å². The molecule has 8 heteroatoms. The van der Waals surface area contributed by atoms with Gasteiger partial charge in [-0.05, 0) is 51.1 Å². The molecule has 3 fully saturated rings. The molecule has 4 aliphatic rings. The summed E-state index contributed by atoms with van der Waals surface area (Å²) in [6, 6.07) is 0.562. The largest absolute Gasteiger partial charge is 0.356 e. The van der Waals surface area contributed by atoms with Crippen LogP contribution in [-0.2, 0) is 9.59 Å². The molecule has 2 N–H and O–H groups in total. The number of amides is 2. The molecule has 0 radical (unpaired) electrons. The highest BCUT2D eigenvalue weighted by atomic mass is 127. The Morgan fingerprint density at radius 2 is 1.86 bits per heavy atom. The molecule has 0 aromatic rings. The van der Waals surface area contributed by atoms with Gasteiger partial charge in [-0.25, -0.2) is 0 Å². The lowest BCUT2D eigenvalue weighted by Gasteiger charge is -2.21. The normalized spacial score (nSPS) is 34.1. The van der Waals surface area contributed by atoms with Crippen molar-refractivity contribution in [3.8, 4) is 0 Å². The third-order valence-corrected chi connectivity index (χ3v) is 6.81. The molecule has 0 spiro atoms. The monoisotopic (exact) mass is 501 g/mol. The summed E-state index contributed by atoms with van der Waals surface area (Å²) in [6.45, 7) is 3.24. The zero-order valence-corrected chi connectivity index (χ0v) is 19.1. The lowest BCUT2D eigenvalue weighted by atomic mass is 9.85. The van der Waals surface area contributed by atoms with Crippen molar-refractivity contribution in [3.05, 3.63) is 12.2 Å². The first kappa shape index (κ1) is 21.5. The number of likely N-dealkylation sites (tertiary alicyclic amines) is 2. The number of likely N-dealkylation sites (N-methyl/N-ethyl adjacent to an activating group) is 1. The highest BCUT2D eigenvalue weighted by Gasteiger charge is 2.58. The predicted molar refractivity (Wildman–Crippen MR) is 119 cm³/mol. The molecule has 5 unspecified atom stereocenters. The molecule has 7 nitrogen and oxygen atoms in total. The molecule has 5 atom stereocenters. The van der Waals surface area contributed by atoms with E-state index in [0.29, 0.717) is 19.1 Å². The van der Waals surface area contributed by atoms with Gasteiger partial charge in [0.2, 0.25) is 11.8 Å². The summed E-state index contributed by atoms with van der Waals surface area (Å²) in [7, 11) is 3.93. The molecule has 156 valence electrons. The fourth-order valence-corrected chi connectivity index (χ4v) is 5.30. The molecule has 2 aliphatic heterocycles. The molecule has 4 rings (SSSR count). The zero-order chi connectivity index (χ0) is 19.0. The smallest absolute Gasteiger partial charge is 0.233 e. The minimum absolute atomic E-state index is 0. The minimum atomic E-state index is -0.0849. The summed E-state index contributed by atoms with van der Waals surface area (Å²) in [5.74, 6) is 1.29. The standard InChI is InChI=1S/C20H31N5O2.HI/c1-21-20(23-12-15-5-3-9-24(15)2)22-8-4-10-25-18(26)16-13-6-7-14(11-13)17(16)19(25)27;/h6-7,13-17H,3-5,8-12H2,1-2H3,(H2,21,22,23);1H. The maximum Gasteiger partial charge on any atom is 0.233 e. The van der Waals surface area contributed by atoms with Gasteiger partial charge in [-0.1, -0.05) is 12.2 Å². The first-order valence-corrected chi connectivity index (χ1v) is 10.3. The predicted octanol–water partition coefficient (Wildman–Crippen LogP) is 1.06. The topological polar surface area (TPSA) is 77.0 Å². The first-order valence-electron chi connectivity index (χ1n) is 10.3. The first-order chi connectivity index (χ1) is 13.1. The molecule has 0 aromatic heterocycles. The second-order valence-corrected chi connectivity index (χ2v) is 8.34. The van der Waals surface area contributed by atoms with Crippen LogP contribution in [0.25, 0.3) is 0 Å². The summed E-state index contributed by atoms with van der Waals surface area (Å²) in [6.07, 6.45) is 8.48. The van der Waals surface area contributed by atoms with Gasteiger partial charge in [-0.15, -0.1) is 24.0 Å². The van der Waals surface area contributed by atoms with E-state index in [9.17, 15) is 9.59 Å². The van der Waals surface area contributed by atoms with E-state index < -0.39 is 0 Å². The van der Waals surface area contributed by atoms with Gasteiger partial charge in [0.25, 0.3) is 0 Å². The summed E-state index contributed by atoms with van der Waals surface area (Å²) >= 11 is 0. The van der Waals surface area contributed by atoms with Crippen LogP contribution in [0.5, 0.6) is 0 Å². The van der Waals surface area contributed by atoms with Gasteiger partial charge in [-0.2, -0.15) is 0 Å². The van der Waals surface area contributed by atoms with Crippen molar-refractivity contribution < 1.29 is 9.59 Å².